The second kappa shape index (κ2) is 12.2. The molecule has 0 radical (unpaired) electrons. The second-order valence-corrected chi connectivity index (χ2v) is 4.73. The van der Waals surface area contributed by atoms with Crippen LogP contribution in [0, 0.1) is 0 Å². The first-order chi connectivity index (χ1) is 8.36. The average molecular weight is 321 g/mol. The zero-order chi connectivity index (χ0) is 11.9. The Labute approximate surface area is 134 Å². The van der Waals surface area contributed by atoms with Crippen molar-refractivity contribution in [2.45, 2.75) is 18.9 Å². The predicted octanol–water partition coefficient (Wildman–Crippen LogP) is 2.40. The van der Waals surface area contributed by atoms with Crippen molar-refractivity contribution in [3.05, 3.63) is 42.0 Å². The summed E-state index contributed by atoms with van der Waals surface area (Å²) >= 11 is 0. The molecule has 3 N–H and O–H groups in total. The van der Waals surface area contributed by atoms with Crippen LogP contribution in [0.2, 0.25) is 0 Å². The molecule has 0 unspecified atom stereocenters. The summed E-state index contributed by atoms with van der Waals surface area (Å²) in [7, 11) is 2.23. The Balaban J connectivity index is 0. The lowest BCUT2D eigenvalue weighted by atomic mass is 10.1. The number of piperidine rings is 1. The van der Waals surface area contributed by atoms with Crippen molar-refractivity contribution in [3.8, 4) is 0 Å². The molecule has 1 aromatic rings. The van der Waals surface area contributed by atoms with Crippen LogP contribution < -0.4 is 5.32 Å². The summed E-state index contributed by atoms with van der Waals surface area (Å²) < 4.78 is 0. The highest BCUT2D eigenvalue weighted by molar-refractivity contribution is 5.85. The summed E-state index contributed by atoms with van der Waals surface area (Å²) in [6, 6.07) is 11.2. The molecular weight excluding hydrogens is 295 g/mol. The molecule has 0 saturated carbocycles. The monoisotopic (exact) mass is 320 g/mol. The van der Waals surface area contributed by atoms with Crippen LogP contribution in [0.3, 0.4) is 0 Å². The lowest BCUT2D eigenvalue weighted by Gasteiger charge is -2.30. The largest absolute Gasteiger partial charge is 0.412 e. The maximum Gasteiger partial charge on any atom is 0.0166 e. The quantitative estimate of drug-likeness (QED) is 0.926. The minimum absolute atomic E-state index is 0. The highest BCUT2D eigenvalue weighted by Crippen LogP contribution is 2.10. The van der Waals surface area contributed by atoms with Gasteiger partial charge in [-0.25, -0.2) is 0 Å². The maximum atomic E-state index is 3.41. The number of rotatable bonds is 4. The third kappa shape index (κ3) is 7.27. The van der Waals surface area contributed by atoms with Crippen molar-refractivity contribution in [2.24, 2.45) is 0 Å². The number of halogens is 2. The third-order valence-corrected chi connectivity index (χ3v) is 3.44. The van der Waals surface area contributed by atoms with Gasteiger partial charge in [0.2, 0.25) is 0 Å². The number of nitrogens with zero attached hydrogens (tertiary/aromatic N) is 1. The van der Waals surface area contributed by atoms with Crippen LogP contribution in [0.1, 0.15) is 18.4 Å². The van der Waals surface area contributed by atoms with E-state index in [0.29, 0.717) is 0 Å². The van der Waals surface area contributed by atoms with Gasteiger partial charge in [0.15, 0.2) is 0 Å². The van der Waals surface area contributed by atoms with Gasteiger partial charge in [-0.15, -0.1) is 24.8 Å². The molecule has 0 spiro atoms. The summed E-state index contributed by atoms with van der Waals surface area (Å²) in [6.07, 6.45) is 7.01. The average Bonchev–Trinajstić information content (AvgIpc) is 2.41. The van der Waals surface area contributed by atoms with E-state index in [1.165, 1.54) is 18.4 Å². The lowest BCUT2D eigenvalue weighted by Crippen LogP contribution is -2.41. The van der Waals surface area contributed by atoms with E-state index in [-0.39, 0.29) is 30.3 Å². The summed E-state index contributed by atoms with van der Waals surface area (Å²) in [5, 5.41) is 3.41. The number of hydrogen-bond donors (Lipinski definition) is 1. The van der Waals surface area contributed by atoms with Crippen molar-refractivity contribution in [3.63, 3.8) is 0 Å². The molecule has 2 rings (SSSR count). The first-order valence-corrected chi connectivity index (χ1v) is 6.49. The van der Waals surface area contributed by atoms with Crippen molar-refractivity contribution < 1.29 is 5.48 Å². The van der Waals surface area contributed by atoms with Crippen LogP contribution in [0.15, 0.2) is 36.4 Å². The fourth-order valence-electron chi connectivity index (χ4n) is 2.32. The van der Waals surface area contributed by atoms with Gasteiger partial charge >= 0.3 is 0 Å². The normalized spacial score (nSPS) is 15.3. The lowest BCUT2D eigenvalue weighted by molar-refractivity contribution is 0.217. The molecule has 0 bridgehead atoms. The Morgan fingerprint density at radius 2 is 1.75 bits per heavy atom. The van der Waals surface area contributed by atoms with Gasteiger partial charge in [0.05, 0.1) is 0 Å². The summed E-state index contributed by atoms with van der Waals surface area (Å²) in [4.78, 5) is 2.46. The molecule has 3 nitrogen and oxygen atoms in total. The SMILES string of the molecule is CN(C/C=C/c1ccccc1)C1CCNCC1.Cl.Cl.O. The molecule has 116 valence electrons. The molecule has 1 saturated heterocycles. The molecular formula is C15H26Cl2N2O. The fourth-order valence-corrected chi connectivity index (χ4v) is 2.32. The molecule has 1 aromatic carbocycles. The van der Waals surface area contributed by atoms with Gasteiger partial charge in [0, 0.05) is 12.6 Å². The van der Waals surface area contributed by atoms with Crippen LogP contribution in [-0.4, -0.2) is 43.1 Å². The molecule has 0 aliphatic carbocycles. The Bertz CT molecular complexity index is 354. The van der Waals surface area contributed by atoms with Crippen molar-refractivity contribution in [1.29, 1.82) is 0 Å². The van der Waals surface area contributed by atoms with Crippen molar-refractivity contribution in [2.75, 3.05) is 26.7 Å². The van der Waals surface area contributed by atoms with Crippen molar-refractivity contribution in [1.82, 2.24) is 10.2 Å². The number of nitrogens with one attached hydrogen (secondary N) is 1. The van der Waals surface area contributed by atoms with Crippen LogP contribution in [0.25, 0.3) is 6.08 Å². The summed E-state index contributed by atoms with van der Waals surface area (Å²) in [6.45, 7) is 3.37. The van der Waals surface area contributed by atoms with E-state index in [1.54, 1.807) is 0 Å². The minimum Gasteiger partial charge on any atom is -0.412 e. The Kier molecular flexibility index (Phi) is 13.2. The van der Waals surface area contributed by atoms with E-state index in [9.17, 15) is 0 Å². The molecule has 1 aliphatic heterocycles. The molecule has 1 aliphatic rings. The zero-order valence-corrected chi connectivity index (χ0v) is 13.6. The molecule has 20 heavy (non-hydrogen) atoms. The van der Waals surface area contributed by atoms with Gasteiger partial charge in [-0.1, -0.05) is 42.5 Å². The van der Waals surface area contributed by atoms with Gasteiger partial charge in [-0.05, 0) is 38.5 Å². The first kappa shape index (κ1) is 21.7. The maximum absolute atomic E-state index is 3.41. The fraction of sp³-hybridized carbons (Fsp3) is 0.467. The highest BCUT2D eigenvalue weighted by Gasteiger charge is 2.15. The van der Waals surface area contributed by atoms with Gasteiger partial charge in [-0.3, -0.25) is 4.90 Å². The topological polar surface area (TPSA) is 46.8 Å². The summed E-state index contributed by atoms with van der Waals surface area (Å²) in [5.41, 5.74) is 1.28. The molecule has 1 heterocycles. The second-order valence-electron chi connectivity index (χ2n) is 4.73. The Morgan fingerprint density at radius 3 is 2.35 bits per heavy atom. The molecule has 0 atom stereocenters. The third-order valence-electron chi connectivity index (χ3n) is 3.44. The molecule has 0 amide bonds. The number of hydrogen-bond acceptors (Lipinski definition) is 2. The van der Waals surface area contributed by atoms with Gasteiger partial charge in [-0.2, -0.15) is 0 Å². The first-order valence-electron chi connectivity index (χ1n) is 6.49. The smallest absolute Gasteiger partial charge is 0.0166 e. The van der Waals surface area contributed by atoms with Crippen molar-refractivity contribution >= 4 is 30.9 Å². The standard InChI is InChI=1S/C15H22N2.2ClH.H2O/c1-17(15-9-11-16-12-10-15)13-5-8-14-6-3-2-4-7-14;;;/h2-8,15-16H,9-13H2,1H3;2*1H;1H2/b8-5+;;;. The summed E-state index contributed by atoms with van der Waals surface area (Å²) in [5.74, 6) is 0. The van der Waals surface area contributed by atoms with Crippen LogP contribution in [0.4, 0.5) is 0 Å². The van der Waals surface area contributed by atoms with E-state index >= 15 is 0 Å². The molecule has 5 heteroatoms. The van der Waals surface area contributed by atoms with Crippen LogP contribution in [-0.2, 0) is 0 Å². The van der Waals surface area contributed by atoms with E-state index in [2.05, 4.69) is 59.7 Å². The molecule has 1 fully saturated rings. The van der Waals surface area contributed by atoms with Crippen LogP contribution in [0.5, 0.6) is 0 Å². The van der Waals surface area contributed by atoms with Gasteiger partial charge in [0.25, 0.3) is 0 Å². The Hall–Kier alpha value is -0.580. The predicted molar refractivity (Wildman–Crippen MR) is 92.1 cm³/mol. The molecule has 0 aromatic heterocycles. The zero-order valence-electron chi connectivity index (χ0n) is 11.9. The van der Waals surface area contributed by atoms with E-state index in [1.807, 2.05) is 0 Å². The Morgan fingerprint density at radius 1 is 1.15 bits per heavy atom. The minimum atomic E-state index is 0. The van der Waals surface area contributed by atoms with E-state index in [0.717, 1.165) is 25.7 Å². The van der Waals surface area contributed by atoms with E-state index < -0.39 is 0 Å². The van der Waals surface area contributed by atoms with Gasteiger partial charge < -0.3 is 10.8 Å². The highest BCUT2D eigenvalue weighted by atomic mass is 35.5. The van der Waals surface area contributed by atoms with E-state index in [4.69, 9.17) is 0 Å². The number of benzene rings is 1. The van der Waals surface area contributed by atoms with Crippen LogP contribution >= 0.6 is 24.8 Å². The van der Waals surface area contributed by atoms with Gasteiger partial charge in [0.1, 0.15) is 0 Å². The number of likely N-dealkylation sites (N-methyl/N-ethyl adjacent to an activating group) is 1.